The lowest BCUT2D eigenvalue weighted by Crippen LogP contribution is -2.53. The van der Waals surface area contributed by atoms with Crippen molar-refractivity contribution >= 4 is 40.4 Å². The molecule has 35 heavy (non-hydrogen) atoms. The summed E-state index contributed by atoms with van der Waals surface area (Å²) in [6.45, 7) is 3.42. The van der Waals surface area contributed by atoms with Gasteiger partial charge in [0.05, 0.1) is 23.7 Å². The minimum atomic E-state index is -1.21. The van der Waals surface area contributed by atoms with Crippen LogP contribution < -0.4 is 16.0 Å². The second kappa shape index (κ2) is 11.1. The van der Waals surface area contributed by atoms with E-state index >= 15 is 0 Å². The molecule has 3 rings (SSSR count). The van der Waals surface area contributed by atoms with Crippen LogP contribution in [0.2, 0.25) is 0 Å². The van der Waals surface area contributed by atoms with Crippen LogP contribution in [0.4, 0.5) is 0 Å². The van der Waals surface area contributed by atoms with Gasteiger partial charge in [-0.3, -0.25) is 34.2 Å². The first-order valence-electron chi connectivity index (χ1n) is 11.5. The Kier molecular flexibility index (Phi) is 8.18. The van der Waals surface area contributed by atoms with Crippen molar-refractivity contribution in [2.45, 2.75) is 38.8 Å². The van der Waals surface area contributed by atoms with E-state index in [-0.39, 0.29) is 31.3 Å². The Bertz CT molecular complexity index is 1110. The van der Waals surface area contributed by atoms with Gasteiger partial charge in [-0.2, -0.15) is 0 Å². The topological polar surface area (TPSA) is 145 Å². The van der Waals surface area contributed by atoms with Crippen molar-refractivity contribution in [3.8, 4) is 0 Å². The van der Waals surface area contributed by atoms with Crippen molar-refractivity contribution in [1.29, 1.82) is 0 Å². The zero-order valence-electron chi connectivity index (χ0n) is 20.0. The SMILES string of the molecule is CNC(=O)CNC(=O)[C@H](CC(C)C)NC(CCN1C(=O)c2cc3ccccc3cc2C1=O)C(=O)O. The van der Waals surface area contributed by atoms with E-state index in [9.17, 15) is 29.1 Å². The maximum atomic E-state index is 12.9. The highest BCUT2D eigenvalue weighted by Gasteiger charge is 2.37. The third-order valence-electron chi connectivity index (χ3n) is 5.90. The fourth-order valence-corrected chi connectivity index (χ4v) is 4.06. The Morgan fingerprint density at radius 3 is 2.03 bits per heavy atom. The van der Waals surface area contributed by atoms with Gasteiger partial charge in [-0.25, -0.2) is 0 Å². The molecule has 0 saturated heterocycles. The number of nitrogens with zero attached hydrogens (tertiary/aromatic N) is 1. The first kappa shape index (κ1) is 25.8. The summed E-state index contributed by atoms with van der Waals surface area (Å²) >= 11 is 0. The maximum absolute atomic E-state index is 12.9. The molecule has 0 fully saturated rings. The number of nitrogens with one attached hydrogen (secondary N) is 3. The summed E-state index contributed by atoms with van der Waals surface area (Å²) in [5.41, 5.74) is 0.583. The van der Waals surface area contributed by atoms with Crippen LogP contribution in [0.15, 0.2) is 36.4 Å². The molecule has 1 unspecified atom stereocenters. The van der Waals surface area contributed by atoms with Gasteiger partial charge < -0.3 is 15.7 Å². The molecular weight excluding hydrogens is 452 g/mol. The highest BCUT2D eigenvalue weighted by molar-refractivity contribution is 6.23. The number of benzene rings is 2. The van der Waals surface area contributed by atoms with E-state index in [0.29, 0.717) is 17.5 Å². The molecule has 1 aliphatic heterocycles. The molecule has 2 atom stereocenters. The number of carboxylic acids is 1. The zero-order valence-corrected chi connectivity index (χ0v) is 20.0. The highest BCUT2D eigenvalue weighted by atomic mass is 16.4. The molecular formula is C25H30N4O6. The van der Waals surface area contributed by atoms with Gasteiger partial charge in [-0.1, -0.05) is 38.1 Å². The quantitative estimate of drug-likeness (QED) is 0.352. The Labute approximate surface area is 203 Å². The van der Waals surface area contributed by atoms with Crippen molar-refractivity contribution in [3.63, 3.8) is 0 Å². The Balaban J connectivity index is 1.71. The molecule has 2 aromatic carbocycles. The van der Waals surface area contributed by atoms with Crippen LogP contribution in [0.3, 0.4) is 0 Å². The third kappa shape index (κ3) is 6.02. The molecule has 1 heterocycles. The predicted molar refractivity (Wildman–Crippen MR) is 129 cm³/mol. The van der Waals surface area contributed by atoms with E-state index in [4.69, 9.17) is 0 Å². The van der Waals surface area contributed by atoms with Gasteiger partial charge >= 0.3 is 5.97 Å². The van der Waals surface area contributed by atoms with Crippen molar-refractivity contribution in [1.82, 2.24) is 20.9 Å². The van der Waals surface area contributed by atoms with Crippen LogP contribution in [-0.2, 0) is 14.4 Å². The second-order valence-corrected chi connectivity index (χ2v) is 8.93. The predicted octanol–water partition coefficient (Wildman–Crippen LogP) is 1.15. The summed E-state index contributed by atoms with van der Waals surface area (Å²) in [6.07, 6.45) is 0.251. The number of imide groups is 1. The van der Waals surface area contributed by atoms with Crippen LogP contribution in [0.25, 0.3) is 10.8 Å². The second-order valence-electron chi connectivity index (χ2n) is 8.93. The van der Waals surface area contributed by atoms with Gasteiger partial charge in [0.15, 0.2) is 0 Å². The molecule has 0 aromatic heterocycles. The summed E-state index contributed by atoms with van der Waals surface area (Å²) < 4.78 is 0. The van der Waals surface area contributed by atoms with E-state index < -0.39 is 35.8 Å². The highest BCUT2D eigenvalue weighted by Crippen LogP contribution is 2.28. The molecule has 0 bridgehead atoms. The number of amides is 4. The molecule has 1 aliphatic rings. The van der Waals surface area contributed by atoms with E-state index in [1.54, 1.807) is 12.1 Å². The summed E-state index contributed by atoms with van der Waals surface area (Å²) in [4.78, 5) is 62.9. The molecule has 0 saturated carbocycles. The lowest BCUT2D eigenvalue weighted by atomic mass is 10.0. The Morgan fingerprint density at radius 1 is 0.971 bits per heavy atom. The van der Waals surface area contributed by atoms with Crippen molar-refractivity contribution < 1.29 is 29.1 Å². The lowest BCUT2D eigenvalue weighted by Gasteiger charge is -2.25. The fourth-order valence-electron chi connectivity index (χ4n) is 4.06. The number of rotatable bonds is 11. The van der Waals surface area contributed by atoms with Crippen LogP contribution in [0.1, 0.15) is 47.4 Å². The fraction of sp³-hybridized carbons (Fsp3) is 0.400. The zero-order chi connectivity index (χ0) is 25.7. The summed E-state index contributed by atoms with van der Waals surface area (Å²) in [6, 6.07) is 8.68. The summed E-state index contributed by atoms with van der Waals surface area (Å²) in [5.74, 6) is -2.96. The van der Waals surface area contributed by atoms with Crippen molar-refractivity contribution in [3.05, 3.63) is 47.5 Å². The van der Waals surface area contributed by atoms with E-state index in [1.165, 1.54) is 7.05 Å². The Morgan fingerprint density at radius 2 is 1.54 bits per heavy atom. The number of aliphatic carboxylic acids is 1. The molecule has 4 N–H and O–H groups in total. The molecule has 4 amide bonds. The van der Waals surface area contributed by atoms with Gasteiger partial charge in [0.25, 0.3) is 11.8 Å². The summed E-state index contributed by atoms with van der Waals surface area (Å²) in [5, 5.41) is 19.2. The van der Waals surface area contributed by atoms with Crippen LogP contribution >= 0.6 is 0 Å². The largest absolute Gasteiger partial charge is 0.480 e. The first-order valence-corrected chi connectivity index (χ1v) is 11.5. The number of fused-ring (bicyclic) bond motifs is 2. The number of carbonyl (C=O) groups excluding carboxylic acids is 4. The average Bonchev–Trinajstić information content (AvgIpc) is 3.06. The average molecular weight is 483 g/mol. The van der Waals surface area contributed by atoms with Gasteiger partial charge in [-0.15, -0.1) is 0 Å². The first-order chi connectivity index (χ1) is 16.6. The van der Waals surface area contributed by atoms with Gasteiger partial charge in [0.2, 0.25) is 11.8 Å². The smallest absolute Gasteiger partial charge is 0.320 e. The minimum absolute atomic E-state index is 0.0677. The third-order valence-corrected chi connectivity index (χ3v) is 5.90. The standard InChI is InChI=1S/C25H30N4O6/c1-14(2)10-20(22(31)27-13-21(30)26-3)28-19(25(34)35)8-9-29-23(32)17-11-15-6-4-5-7-16(15)12-18(17)24(29)33/h4-7,11-12,14,19-20,28H,8-10,13H2,1-3H3,(H,26,30)(H,27,31)(H,34,35)/t19?,20-/m0/s1. The van der Waals surface area contributed by atoms with Gasteiger partial charge in [-0.05, 0) is 41.7 Å². The van der Waals surface area contributed by atoms with Crippen molar-refractivity contribution in [2.24, 2.45) is 5.92 Å². The summed E-state index contributed by atoms with van der Waals surface area (Å²) in [7, 11) is 1.45. The monoisotopic (exact) mass is 482 g/mol. The van der Waals surface area contributed by atoms with E-state index in [0.717, 1.165) is 15.7 Å². The normalized spacial score (nSPS) is 14.7. The van der Waals surface area contributed by atoms with Gasteiger partial charge in [0.1, 0.15) is 6.04 Å². The number of carboxylic acid groups (broad SMARTS) is 1. The molecule has 10 nitrogen and oxygen atoms in total. The Hall–Kier alpha value is -3.79. The number of hydrogen-bond donors (Lipinski definition) is 4. The van der Waals surface area contributed by atoms with Crippen LogP contribution in [0.5, 0.6) is 0 Å². The minimum Gasteiger partial charge on any atom is -0.480 e. The number of carbonyl (C=O) groups is 5. The lowest BCUT2D eigenvalue weighted by molar-refractivity contribution is -0.140. The maximum Gasteiger partial charge on any atom is 0.320 e. The van der Waals surface area contributed by atoms with E-state index in [1.807, 2.05) is 38.1 Å². The van der Waals surface area contributed by atoms with Crippen molar-refractivity contribution in [2.75, 3.05) is 20.1 Å². The molecule has 0 aliphatic carbocycles. The number of hydrogen-bond acceptors (Lipinski definition) is 6. The van der Waals surface area contributed by atoms with Gasteiger partial charge in [0, 0.05) is 13.6 Å². The van der Waals surface area contributed by atoms with Crippen LogP contribution in [-0.4, -0.2) is 71.8 Å². The molecule has 2 aromatic rings. The molecule has 0 radical (unpaired) electrons. The van der Waals surface area contributed by atoms with Crippen LogP contribution in [0, 0.1) is 5.92 Å². The molecule has 0 spiro atoms. The van der Waals surface area contributed by atoms with E-state index in [2.05, 4.69) is 16.0 Å². The molecule has 186 valence electrons. The number of likely N-dealkylation sites (N-methyl/N-ethyl adjacent to an activating group) is 1. The molecule has 10 heteroatoms.